The average molecular weight is 329 g/mol. The number of carboxylic acid groups (broad SMARTS) is 1. The summed E-state index contributed by atoms with van der Waals surface area (Å²) in [6, 6.07) is 7.82. The number of hydrogen-bond donors (Lipinski definition) is 2. The lowest BCUT2D eigenvalue weighted by Crippen LogP contribution is -2.40. The number of ether oxygens (including phenoxy) is 1. The molecule has 2 N–H and O–H groups in total. The number of benzene rings is 1. The quantitative estimate of drug-likeness (QED) is 0.753. The van der Waals surface area contributed by atoms with Gasteiger partial charge in [-0.1, -0.05) is 36.4 Å². The Balaban J connectivity index is 1.66. The van der Waals surface area contributed by atoms with E-state index >= 15 is 0 Å². The molecule has 0 saturated heterocycles. The molecule has 24 heavy (non-hydrogen) atoms. The van der Waals surface area contributed by atoms with Crippen LogP contribution in [0.4, 0.5) is 0 Å². The minimum atomic E-state index is -0.872. The van der Waals surface area contributed by atoms with Crippen LogP contribution < -0.4 is 5.32 Å². The summed E-state index contributed by atoms with van der Waals surface area (Å²) in [5.74, 6) is -2.05. The molecular formula is C19H23NO4. The van der Waals surface area contributed by atoms with Crippen LogP contribution in [0.2, 0.25) is 0 Å². The maximum Gasteiger partial charge on any atom is 0.307 e. The van der Waals surface area contributed by atoms with Crippen molar-refractivity contribution >= 4 is 11.9 Å². The molecule has 5 heteroatoms. The predicted octanol–water partition coefficient (Wildman–Crippen LogP) is 2.36. The third kappa shape index (κ3) is 3.22. The lowest BCUT2D eigenvalue weighted by molar-refractivity contribution is -0.147. The Morgan fingerprint density at radius 3 is 2.50 bits per heavy atom. The van der Waals surface area contributed by atoms with E-state index in [-0.39, 0.29) is 17.7 Å². The van der Waals surface area contributed by atoms with Crippen LogP contribution in [0.15, 0.2) is 36.4 Å². The van der Waals surface area contributed by atoms with Gasteiger partial charge in [-0.15, -0.1) is 0 Å². The van der Waals surface area contributed by atoms with Crippen LogP contribution in [0, 0.1) is 23.7 Å². The van der Waals surface area contributed by atoms with Gasteiger partial charge in [0, 0.05) is 13.2 Å². The Bertz CT molecular complexity index is 655. The fourth-order valence-electron chi connectivity index (χ4n) is 3.90. The van der Waals surface area contributed by atoms with Gasteiger partial charge in [0.15, 0.2) is 0 Å². The first-order valence-corrected chi connectivity index (χ1v) is 8.45. The second-order valence-electron chi connectivity index (χ2n) is 6.46. The first-order chi connectivity index (χ1) is 11.6. The molecule has 0 aromatic heterocycles. The molecular weight excluding hydrogens is 306 g/mol. The molecule has 5 nitrogen and oxygen atoms in total. The molecule has 1 aromatic rings. The Kier molecular flexibility index (Phi) is 5.00. The van der Waals surface area contributed by atoms with Gasteiger partial charge in [0.2, 0.25) is 5.91 Å². The highest BCUT2D eigenvalue weighted by Crippen LogP contribution is 2.48. The summed E-state index contributed by atoms with van der Waals surface area (Å²) >= 11 is 0. The van der Waals surface area contributed by atoms with Crippen LogP contribution in [0.3, 0.4) is 0 Å². The molecule has 3 rings (SSSR count). The summed E-state index contributed by atoms with van der Waals surface area (Å²) in [5, 5.41) is 12.4. The van der Waals surface area contributed by atoms with Crippen LogP contribution >= 0.6 is 0 Å². The first kappa shape index (κ1) is 16.7. The van der Waals surface area contributed by atoms with E-state index in [2.05, 4.69) is 5.32 Å². The lowest BCUT2D eigenvalue weighted by atomic mass is 9.82. The SMILES string of the molecule is CCOCc1ccccc1CNC(=O)[C@@H]1[C@H](C(=O)O)[C@H]2C=C[C@H]1C2. The average Bonchev–Trinajstić information content (AvgIpc) is 3.19. The minimum absolute atomic E-state index is 0.00603. The molecule has 2 bridgehead atoms. The standard InChI is InChI=1S/C19H23NO4/c1-2-24-11-15-6-4-3-5-14(15)10-20-18(21)16-12-7-8-13(9-12)17(16)19(22)23/h3-8,12-13,16-17H,2,9-11H2,1H3,(H,20,21)(H,22,23)/t12-,13-,16-,17+/m0/s1. The van der Waals surface area contributed by atoms with Gasteiger partial charge in [-0.25, -0.2) is 0 Å². The summed E-state index contributed by atoms with van der Waals surface area (Å²) in [4.78, 5) is 24.1. The van der Waals surface area contributed by atoms with Crippen molar-refractivity contribution in [1.29, 1.82) is 0 Å². The Hall–Kier alpha value is -2.14. The highest BCUT2D eigenvalue weighted by Gasteiger charge is 2.51. The largest absolute Gasteiger partial charge is 0.481 e. The number of aliphatic carboxylic acids is 1. The predicted molar refractivity (Wildman–Crippen MR) is 89.0 cm³/mol. The van der Waals surface area contributed by atoms with Gasteiger partial charge in [-0.2, -0.15) is 0 Å². The van der Waals surface area contributed by atoms with Crippen LogP contribution in [-0.2, 0) is 27.5 Å². The van der Waals surface area contributed by atoms with E-state index in [4.69, 9.17) is 4.74 Å². The van der Waals surface area contributed by atoms with Crippen molar-refractivity contribution in [3.8, 4) is 0 Å². The molecule has 0 aliphatic heterocycles. The minimum Gasteiger partial charge on any atom is -0.481 e. The van der Waals surface area contributed by atoms with Gasteiger partial charge in [-0.3, -0.25) is 9.59 Å². The van der Waals surface area contributed by atoms with Crippen molar-refractivity contribution in [2.24, 2.45) is 23.7 Å². The van der Waals surface area contributed by atoms with Crippen molar-refractivity contribution in [3.05, 3.63) is 47.5 Å². The number of nitrogens with one attached hydrogen (secondary N) is 1. The maximum absolute atomic E-state index is 12.6. The van der Waals surface area contributed by atoms with Crippen LogP contribution in [0.25, 0.3) is 0 Å². The summed E-state index contributed by atoms with van der Waals surface area (Å²) < 4.78 is 5.46. The third-order valence-electron chi connectivity index (χ3n) is 5.08. The monoisotopic (exact) mass is 329 g/mol. The number of carbonyl (C=O) groups excluding carboxylic acids is 1. The number of rotatable bonds is 7. The van der Waals surface area contributed by atoms with Crippen LogP contribution in [-0.4, -0.2) is 23.6 Å². The first-order valence-electron chi connectivity index (χ1n) is 8.45. The number of fused-ring (bicyclic) bond motifs is 2. The summed E-state index contributed by atoms with van der Waals surface area (Å²) in [7, 11) is 0. The Morgan fingerprint density at radius 2 is 1.83 bits per heavy atom. The molecule has 0 unspecified atom stereocenters. The summed E-state index contributed by atoms with van der Waals surface area (Å²) in [6.45, 7) is 3.49. The van der Waals surface area contributed by atoms with Crippen LogP contribution in [0.5, 0.6) is 0 Å². The smallest absolute Gasteiger partial charge is 0.307 e. The van der Waals surface area contributed by atoms with Crippen molar-refractivity contribution in [2.45, 2.75) is 26.5 Å². The van der Waals surface area contributed by atoms with Gasteiger partial charge >= 0.3 is 5.97 Å². The molecule has 4 atom stereocenters. The molecule has 0 spiro atoms. The number of hydrogen-bond acceptors (Lipinski definition) is 3. The molecule has 0 heterocycles. The van der Waals surface area contributed by atoms with E-state index in [0.29, 0.717) is 19.8 Å². The highest BCUT2D eigenvalue weighted by atomic mass is 16.5. The molecule has 1 aromatic carbocycles. The Morgan fingerprint density at radius 1 is 1.17 bits per heavy atom. The highest BCUT2D eigenvalue weighted by molar-refractivity contribution is 5.86. The van der Waals surface area contributed by atoms with E-state index in [0.717, 1.165) is 17.5 Å². The van der Waals surface area contributed by atoms with Crippen molar-refractivity contribution in [3.63, 3.8) is 0 Å². The second kappa shape index (κ2) is 7.18. The number of carboxylic acids is 1. The summed E-state index contributed by atoms with van der Waals surface area (Å²) in [5.41, 5.74) is 2.05. The fraction of sp³-hybridized carbons (Fsp3) is 0.474. The topological polar surface area (TPSA) is 75.6 Å². The van der Waals surface area contributed by atoms with Crippen molar-refractivity contribution in [2.75, 3.05) is 6.61 Å². The van der Waals surface area contributed by atoms with E-state index in [1.165, 1.54) is 0 Å². The van der Waals surface area contributed by atoms with E-state index in [1.54, 1.807) is 0 Å². The molecule has 128 valence electrons. The molecule has 2 aliphatic rings. The van der Waals surface area contributed by atoms with Gasteiger partial charge < -0.3 is 15.2 Å². The van der Waals surface area contributed by atoms with Gasteiger partial charge in [0.05, 0.1) is 18.4 Å². The molecule has 1 saturated carbocycles. The number of carbonyl (C=O) groups is 2. The van der Waals surface area contributed by atoms with Crippen LogP contribution in [0.1, 0.15) is 24.5 Å². The van der Waals surface area contributed by atoms with E-state index in [1.807, 2.05) is 43.3 Å². The van der Waals surface area contributed by atoms with Crippen molar-refractivity contribution in [1.82, 2.24) is 5.32 Å². The zero-order valence-corrected chi connectivity index (χ0v) is 13.8. The summed E-state index contributed by atoms with van der Waals surface area (Å²) in [6.07, 6.45) is 4.72. The van der Waals surface area contributed by atoms with Crippen molar-refractivity contribution < 1.29 is 19.4 Å². The van der Waals surface area contributed by atoms with Gasteiger partial charge in [0.1, 0.15) is 0 Å². The van der Waals surface area contributed by atoms with Gasteiger partial charge in [0.25, 0.3) is 0 Å². The van der Waals surface area contributed by atoms with Gasteiger partial charge in [-0.05, 0) is 36.3 Å². The maximum atomic E-state index is 12.6. The third-order valence-corrected chi connectivity index (χ3v) is 5.08. The number of amides is 1. The molecule has 1 amide bonds. The zero-order valence-electron chi connectivity index (χ0n) is 13.8. The Labute approximate surface area is 141 Å². The van der Waals surface area contributed by atoms with E-state index < -0.39 is 17.8 Å². The molecule has 2 aliphatic carbocycles. The lowest BCUT2D eigenvalue weighted by Gasteiger charge is -2.24. The zero-order chi connectivity index (χ0) is 17.1. The number of allylic oxidation sites excluding steroid dienone is 2. The normalized spacial score (nSPS) is 27.4. The molecule has 1 fully saturated rings. The molecule has 0 radical (unpaired) electrons. The van der Waals surface area contributed by atoms with E-state index in [9.17, 15) is 14.7 Å². The second-order valence-corrected chi connectivity index (χ2v) is 6.46. The fourth-order valence-corrected chi connectivity index (χ4v) is 3.90.